The zero-order chi connectivity index (χ0) is 17.8. The number of aryl methyl sites for hydroxylation is 1. The minimum atomic E-state index is -0.205. The zero-order valence-corrected chi connectivity index (χ0v) is 15.4. The van der Waals surface area contributed by atoms with E-state index in [1.165, 1.54) is 16.4 Å². The molecule has 1 amide bonds. The highest BCUT2D eigenvalue weighted by atomic mass is 35.5. The lowest BCUT2D eigenvalue weighted by atomic mass is 10.2. The molecule has 1 N–H and O–H groups in total. The summed E-state index contributed by atoms with van der Waals surface area (Å²) in [6.45, 7) is 1.92. The van der Waals surface area contributed by atoms with Crippen LogP contribution in [-0.4, -0.2) is 31.9 Å². The Morgan fingerprint density at radius 1 is 1.16 bits per heavy atom. The number of anilines is 1. The number of carbonyl (C=O) groups is 1. The Morgan fingerprint density at radius 2 is 1.92 bits per heavy atom. The number of nitrogens with one attached hydrogen (secondary N) is 1. The summed E-state index contributed by atoms with van der Waals surface area (Å²) in [4.78, 5) is 12.1. The van der Waals surface area contributed by atoms with Gasteiger partial charge < -0.3 is 5.32 Å². The molecule has 1 aromatic heterocycles. The SMILES string of the molecule is Cc1cccc(Cl)c1-n1nnnc1SCC(=O)Nc1ccccc1Cl. The van der Waals surface area contributed by atoms with Crippen molar-refractivity contribution in [2.24, 2.45) is 0 Å². The topological polar surface area (TPSA) is 72.7 Å². The van der Waals surface area contributed by atoms with Crippen LogP contribution in [0.4, 0.5) is 5.69 Å². The summed E-state index contributed by atoms with van der Waals surface area (Å²) >= 11 is 13.5. The van der Waals surface area contributed by atoms with Gasteiger partial charge in [0.1, 0.15) is 0 Å². The molecule has 0 saturated heterocycles. The minimum absolute atomic E-state index is 0.134. The number of benzene rings is 2. The molecule has 128 valence electrons. The van der Waals surface area contributed by atoms with Crippen molar-refractivity contribution in [2.75, 3.05) is 11.1 Å². The molecular formula is C16H13Cl2N5OS. The van der Waals surface area contributed by atoms with Crippen molar-refractivity contribution in [3.63, 3.8) is 0 Å². The Bertz CT molecular complexity index is 895. The van der Waals surface area contributed by atoms with E-state index in [1.807, 2.05) is 19.1 Å². The molecule has 2 aromatic carbocycles. The number of para-hydroxylation sites is 2. The van der Waals surface area contributed by atoms with Crippen LogP contribution in [0.3, 0.4) is 0 Å². The largest absolute Gasteiger partial charge is 0.324 e. The quantitative estimate of drug-likeness (QED) is 0.662. The molecule has 0 unspecified atom stereocenters. The molecule has 3 aromatic rings. The van der Waals surface area contributed by atoms with E-state index in [9.17, 15) is 4.79 Å². The Morgan fingerprint density at radius 3 is 2.68 bits per heavy atom. The van der Waals surface area contributed by atoms with Crippen molar-refractivity contribution in [2.45, 2.75) is 12.1 Å². The predicted octanol–water partition coefficient (Wildman–Crippen LogP) is 4.01. The van der Waals surface area contributed by atoms with Gasteiger partial charge in [-0.15, -0.1) is 5.10 Å². The van der Waals surface area contributed by atoms with E-state index in [-0.39, 0.29) is 11.7 Å². The average molecular weight is 394 g/mol. The summed E-state index contributed by atoms with van der Waals surface area (Å²) in [6, 6.07) is 12.6. The molecule has 25 heavy (non-hydrogen) atoms. The van der Waals surface area contributed by atoms with Crippen LogP contribution in [-0.2, 0) is 4.79 Å². The van der Waals surface area contributed by atoms with Crippen molar-refractivity contribution in [1.29, 1.82) is 0 Å². The summed E-state index contributed by atoms with van der Waals surface area (Å²) in [7, 11) is 0. The molecule has 6 nitrogen and oxygen atoms in total. The normalized spacial score (nSPS) is 10.7. The number of rotatable bonds is 5. The maximum Gasteiger partial charge on any atom is 0.234 e. The first-order valence-corrected chi connectivity index (χ1v) is 9.01. The molecule has 9 heteroatoms. The molecule has 0 fully saturated rings. The molecule has 0 bridgehead atoms. The standard InChI is InChI=1S/C16H13Cl2N5OS/c1-10-5-4-7-12(18)15(10)23-16(20-21-22-23)25-9-14(24)19-13-8-3-2-6-11(13)17/h2-8H,9H2,1H3,(H,19,24). The van der Waals surface area contributed by atoms with Crippen LogP contribution in [0.2, 0.25) is 10.0 Å². The number of amides is 1. The molecular weight excluding hydrogens is 381 g/mol. The molecule has 0 saturated carbocycles. The third-order valence-corrected chi connectivity index (χ3v) is 4.88. The molecule has 0 spiro atoms. The smallest absolute Gasteiger partial charge is 0.234 e. The first-order chi connectivity index (χ1) is 12.1. The minimum Gasteiger partial charge on any atom is -0.324 e. The highest BCUT2D eigenvalue weighted by Gasteiger charge is 2.15. The third kappa shape index (κ3) is 4.12. The highest BCUT2D eigenvalue weighted by molar-refractivity contribution is 7.99. The fraction of sp³-hybridized carbons (Fsp3) is 0.125. The zero-order valence-electron chi connectivity index (χ0n) is 13.1. The van der Waals surface area contributed by atoms with Crippen molar-refractivity contribution < 1.29 is 4.79 Å². The van der Waals surface area contributed by atoms with E-state index in [2.05, 4.69) is 20.8 Å². The van der Waals surface area contributed by atoms with E-state index in [4.69, 9.17) is 23.2 Å². The monoisotopic (exact) mass is 393 g/mol. The van der Waals surface area contributed by atoms with E-state index in [0.29, 0.717) is 26.6 Å². The maximum absolute atomic E-state index is 12.1. The molecule has 0 atom stereocenters. The number of hydrogen-bond donors (Lipinski definition) is 1. The van der Waals surface area contributed by atoms with Crippen molar-refractivity contribution in [1.82, 2.24) is 20.2 Å². The number of nitrogens with zero attached hydrogens (tertiary/aromatic N) is 4. The molecule has 0 radical (unpaired) electrons. The van der Waals surface area contributed by atoms with Crippen LogP contribution in [0.1, 0.15) is 5.56 Å². The number of aromatic nitrogens is 4. The van der Waals surface area contributed by atoms with Crippen LogP contribution in [0.25, 0.3) is 5.69 Å². The van der Waals surface area contributed by atoms with E-state index in [0.717, 1.165) is 5.56 Å². The van der Waals surface area contributed by atoms with Crippen LogP contribution < -0.4 is 5.32 Å². The summed E-state index contributed by atoms with van der Waals surface area (Å²) in [6.07, 6.45) is 0. The van der Waals surface area contributed by atoms with E-state index in [1.54, 1.807) is 30.3 Å². The van der Waals surface area contributed by atoms with E-state index >= 15 is 0 Å². The Hall–Kier alpha value is -2.09. The van der Waals surface area contributed by atoms with Gasteiger partial charge in [-0.1, -0.05) is 59.2 Å². The van der Waals surface area contributed by atoms with Gasteiger partial charge in [-0.05, 0) is 41.1 Å². The van der Waals surface area contributed by atoms with Crippen molar-refractivity contribution in [3.05, 3.63) is 58.1 Å². The van der Waals surface area contributed by atoms with Crippen LogP contribution >= 0.6 is 35.0 Å². The Balaban J connectivity index is 1.72. The molecule has 0 aliphatic heterocycles. The number of halogens is 2. The van der Waals surface area contributed by atoms with Gasteiger partial charge in [0.2, 0.25) is 11.1 Å². The fourth-order valence-corrected chi connectivity index (χ4v) is 3.34. The molecule has 3 rings (SSSR count). The second kappa shape index (κ2) is 7.86. The highest BCUT2D eigenvalue weighted by Crippen LogP contribution is 2.27. The average Bonchev–Trinajstić information content (AvgIpc) is 3.03. The lowest BCUT2D eigenvalue weighted by molar-refractivity contribution is -0.113. The third-order valence-electron chi connectivity index (χ3n) is 3.32. The maximum atomic E-state index is 12.1. The Labute approximate surface area is 158 Å². The van der Waals surface area contributed by atoms with Gasteiger partial charge in [-0.25, -0.2) is 0 Å². The molecule has 0 aliphatic carbocycles. The second-order valence-electron chi connectivity index (χ2n) is 5.10. The Kier molecular flexibility index (Phi) is 5.57. The van der Waals surface area contributed by atoms with Gasteiger partial charge in [0.05, 0.1) is 27.2 Å². The van der Waals surface area contributed by atoms with Crippen LogP contribution in [0, 0.1) is 6.92 Å². The van der Waals surface area contributed by atoms with Gasteiger partial charge in [-0.3, -0.25) is 4.79 Å². The fourth-order valence-electron chi connectivity index (χ4n) is 2.18. The lowest BCUT2D eigenvalue weighted by Gasteiger charge is -2.09. The van der Waals surface area contributed by atoms with Gasteiger partial charge >= 0.3 is 0 Å². The summed E-state index contributed by atoms with van der Waals surface area (Å²) in [5, 5.41) is 15.9. The lowest BCUT2D eigenvalue weighted by Crippen LogP contribution is -2.15. The van der Waals surface area contributed by atoms with Crippen LogP contribution in [0.5, 0.6) is 0 Å². The van der Waals surface area contributed by atoms with Crippen molar-refractivity contribution in [3.8, 4) is 5.69 Å². The van der Waals surface area contributed by atoms with Gasteiger partial charge in [0, 0.05) is 0 Å². The van der Waals surface area contributed by atoms with Crippen molar-refractivity contribution >= 4 is 46.6 Å². The number of carbonyl (C=O) groups excluding carboxylic acids is 1. The molecule has 1 heterocycles. The molecule has 0 aliphatic rings. The second-order valence-corrected chi connectivity index (χ2v) is 6.85. The van der Waals surface area contributed by atoms with Gasteiger partial charge in [0.15, 0.2) is 0 Å². The number of hydrogen-bond acceptors (Lipinski definition) is 5. The first-order valence-electron chi connectivity index (χ1n) is 7.27. The summed E-state index contributed by atoms with van der Waals surface area (Å²) in [5.41, 5.74) is 2.20. The van der Waals surface area contributed by atoms with Crippen LogP contribution in [0.15, 0.2) is 47.6 Å². The predicted molar refractivity (Wildman–Crippen MR) is 99.7 cm³/mol. The summed E-state index contributed by atoms with van der Waals surface area (Å²) < 4.78 is 1.53. The van der Waals surface area contributed by atoms with Gasteiger partial charge in [0.25, 0.3) is 0 Å². The van der Waals surface area contributed by atoms with Gasteiger partial charge in [-0.2, -0.15) is 4.68 Å². The van der Waals surface area contributed by atoms with E-state index < -0.39 is 0 Å². The number of thioether (sulfide) groups is 1. The number of tetrazole rings is 1. The first kappa shape index (κ1) is 17.7. The summed E-state index contributed by atoms with van der Waals surface area (Å²) in [5.74, 6) is -0.0710.